The van der Waals surface area contributed by atoms with Gasteiger partial charge in [0.2, 0.25) is 11.5 Å². The Kier molecular flexibility index (Phi) is 7.36. The van der Waals surface area contributed by atoms with Crippen LogP contribution in [0, 0.1) is 5.82 Å². The Balaban J connectivity index is 1.40. The number of hydrogen-bond acceptors (Lipinski definition) is 7. The third-order valence-electron chi connectivity index (χ3n) is 7.93. The first kappa shape index (κ1) is 30.5. The predicted molar refractivity (Wildman–Crippen MR) is 154 cm³/mol. The lowest BCUT2D eigenvalue weighted by Gasteiger charge is -2.31. The number of nitrogens with two attached hydrogens (primary N) is 1. The second-order valence-corrected chi connectivity index (χ2v) is 11.7. The summed E-state index contributed by atoms with van der Waals surface area (Å²) in [6.45, 7) is -0.275. The largest absolute Gasteiger partial charge is 0.489 e. The van der Waals surface area contributed by atoms with Crippen LogP contribution < -0.4 is 20.5 Å². The van der Waals surface area contributed by atoms with E-state index in [-0.39, 0.29) is 51.6 Å². The second-order valence-electron chi connectivity index (χ2n) is 11.3. The van der Waals surface area contributed by atoms with Crippen molar-refractivity contribution in [2.24, 2.45) is 5.73 Å². The molecule has 2 aromatic carbocycles. The Morgan fingerprint density at radius 1 is 1.18 bits per heavy atom. The molecular formula is C31H25ClF4N4O5. The van der Waals surface area contributed by atoms with E-state index in [1.165, 1.54) is 43.5 Å². The molecule has 1 aliphatic carbocycles. The lowest BCUT2D eigenvalue weighted by atomic mass is 9.81. The maximum Gasteiger partial charge on any atom is 0.424 e. The molecule has 45 heavy (non-hydrogen) atoms. The van der Waals surface area contributed by atoms with Crippen LogP contribution in [0.4, 0.5) is 17.6 Å². The quantitative estimate of drug-likeness (QED) is 0.231. The van der Waals surface area contributed by atoms with E-state index in [0.29, 0.717) is 10.9 Å². The number of amides is 2. The molecule has 1 saturated carbocycles. The fourth-order valence-corrected chi connectivity index (χ4v) is 5.19. The van der Waals surface area contributed by atoms with Crippen molar-refractivity contribution in [2.75, 3.05) is 13.2 Å². The van der Waals surface area contributed by atoms with Crippen molar-refractivity contribution in [3.63, 3.8) is 0 Å². The van der Waals surface area contributed by atoms with Gasteiger partial charge in [0.1, 0.15) is 40.5 Å². The fraction of sp³-hybridized carbons (Fsp3) is 0.290. The number of halogens is 5. The van der Waals surface area contributed by atoms with E-state index in [1.807, 2.05) is 0 Å². The Hall–Kier alpha value is -4.49. The molecule has 6 rings (SSSR count). The highest BCUT2D eigenvalue weighted by Gasteiger charge is 2.57. The number of nitrogens with one attached hydrogen (secondary N) is 1. The van der Waals surface area contributed by atoms with Gasteiger partial charge in [-0.25, -0.2) is 9.37 Å². The number of fused-ring (bicyclic) bond motifs is 2. The van der Waals surface area contributed by atoms with E-state index < -0.39 is 47.1 Å². The number of benzene rings is 2. The zero-order chi connectivity index (χ0) is 32.3. The maximum atomic E-state index is 14.7. The third kappa shape index (κ3) is 5.50. The highest BCUT2D eigenvalue weighted by atomic mass is 35.5. The van der Waals surface area contributed by atoms with Crippen LogP contribution in [0.5, 0.6) is 11.5 Å². The summed E-state index contributed by atoms with van der Waals surface area (Å²) in [6.07, 6.45) is -2.43. The normalized spacial score (nSPS) is 19.0. The van der Waals surface area contributed by atoms with Gasteiger partial charge in [0.05, 0.1) is 23.4 Å². The molecule has 0 spiro atoms. The van der Waals surface area contributed by atoms with Crippen LogP contribution in [-0.4, -0.2) is 52.3 Å². The highest BCUT2D eigenvalue weighted by Crippen LogP contribution is 2.47. The molecule has 234 valence electrons. The van der Waals surface area contributed by atoms with Crippen LogP contribution in [0.15, 0.2) is 54.7 Å². The summed E-state index contributed by atoms with van der Waals surface area (Å²) < 4.78 is 69.5. The Morgan fingerprint density at radius 3 is 2.53 bits per heavy atom. The average molecular weight is 645 g/mol. The molecule has 3 heterocycles. The summed E-state index contributed by atoms with van der Waals surface area (Å²) in [5, 5.41) is 14.2. The molecule has 0 radical (unpaired) electrons. The molecule has 0 saturated heterocycles. The second kappa shape index (κ2) is 10.8. The number of pyridine rings is 2. The molecule has 1 aliphatic heterocycles. The molecule has 2 aliphatic rings. The number of aliphatic hydroxyl groups is 1. The van der Waals surface area contributed by atoms with Crippen LogP contribution in [0.2, 0.25) is 5.02 Å². The van der Waals surface area contributed by atoms with Crippen molar-refractivity contribution < 1.29 is 41.7 Å². The van der Waals surface area contributed by atoms with Gasteiger partial charge in [-0.3, -0.25) is 14.6 Å². The van der Waals surface area contributed by atoms with Gasteiger partial charge in [-0.05, 0) is 68.3 Å². The zero-order valence-corrected chi connectivity index (χ0v) is 24.3. The SMILES string of the molecule is CC1(C(N)=O)COc2c1cc(C(O)(CNC(=O)c1cc(OC3CC3)c3ncc(Cl)cc3c1)C(F)(F)F)nc2-c1ccc(F)cc1. The molecule has 2 amide bonds. The van der Waals surface area contributed by atoms with Crippen molar-refractivity contribution >= 4 is 34.3 Å². The molecule has 2 aromatic heterocycles. The maximum absolute atomic E-state index is 14.7. The minimum atomic E-state index is -5.37. The van der Waals surface area contributed by atoms with E-state index in [0.717, 1.165) is 31.0 Å². The first-order valence-electron chi connectivity index (χ1n) is 13.8. The van der Waals surface area contributed by atoms with Crippen molar-refractivity contribution in [1.29, 1.82) is 0 Å². The van der Waals surface area contributed by atoms with Gasteiger partial charge >= 0.3 is 6.18 Å². The van der Waals surface area contributed by atoms with E-state index in [4.69, 9.17) is 26.8 Å². The van der Waals surface area contributed by atoms with Gasteiger partial charge in [-0.15, -0.1) is 0 Å². The molecule has 2 unspecified atom stereocenters. The van der Waals surface area contributed by atoms with Gasteiger partial charge < -0.3 is 25.6 Å². The Morgan fingerprint density at radius 2 is 1.89 bits per heavy atom. The highest BCUT2D eigenvalue weighted by molar-refractivity contribution is 6.31. The molecule has 4 aromatic rings. The molecule has 4 N–H and O–H groups in total. The number of alkyl halides is 3. The lowest BCUT2D eigenvalue weighted by molar-refractivity contribution is -0.265. The molecule has 9 nitrogen and oxygen atoms in total. The number of primary amides is 1. The minimum absolute atomic E-state index is 0.0353. The van der Waals surface area contributed by atoms with Gasteiger partial charge in [0.15, 0.2) is 0 Å². The van der Waals surface area contributed by atoms with Crippen molar-refractivity contribution in [2.45, 2.75) is 43.1 Å². The summed E-state index contributed by atoms with van der Waals surface area (Å²) in [5.74, 6) is -2.22. The predicted octanol–water partition coefficient (Wildman–Crippen LogP) is 4.95. The average Bonchev–Trinajstić information content (AvgIpc) is 3.74. The van der Waals surface area contributed by atoms with Gasteiger partial charge in [-0.2, -0.15) is 13.2 Å². The first-order valence-corrected chi connectivity index (χ1v) is 14.2. The number of ether oxygens (including phenoxy) is 2. The van der Waals surface area contributed by atoms with Gasteiger partial charge in [0.25, 0.3) is 5.91 Å². The standard InChI is InChI=1S/C31H25ClF4N4O5/c1-29(28(37)42)14-44-26-21(29)11-23(40-25(26)15-2-4-19(33)5-3-15)30(43,31(34,35)36)13-39-27(41)17-8-16-9-18(32)12-38-24(16)22(10-17)45-20-6-7-20/h2-5,8-12,20,43H,6-7,13-14H2,1H3,(H2,37,42)(H,39,41). The van der Waals surface area contributed by atoms with Crippen molar-refractivity contribution in [3.8, 4) is 22.8 Å². The summed E-state index contributed by atoms with van der Waals surface area (Å²) in [5.41, 5.74) is -0.356. The summed E-state index contributed by atoms with van der Waals surface area (Å²) in [4.78, 5) is 34.1. The monoisotopic (exact) mass is 644 g/mol. The van der Waals surface area contributed by atoms with Crippen LogP contribution >= 0.6 is 11.6 Å². The lowest BCUT2D eigenvalue weighted by Crippen LogP contribution is -2.51. The van der Waals surface area contributed by atoms with Gasteiger partial charge in [-0.1, -0.05) is 11.6 Å². The number of nitrogens with zero attached hydrogens (tertiary/aromatic N) is 2. The molecule has 2 atom stereocenters. The van der Waals surface area contributed by atoms with Crippen LogP contribution in [0.1, 0.15) is 41.4 Å². The molecule has 0 bridgehead atoms. The summed E-state index contributed by atoms with van der Waals surface area (Å²) >= 11 is 6.08. The summed E-state index contributed by atoms with van der Waals surface area (Å²) in [6, 6.07) is 9.86. The minimum Gasteiger partial charge on any atom is -0.489 e. The number of aromatic nitrogens is 2. The number of rotatable bonds is 8. The van der Waals surface area contributed by atoms with Gasteiger partial charge in [0, 0.05) is 28.3 Å². The zero-order valence-electron chi connectivity index (χ0n) is 23.5. The fourth-order valence-electron chi connectivity index (χ4n) is 5.02. The molecular weight excluding hydrogens is 620 g/mol. The molecule has 1 fully saturated rings. The van der Waals surface area contributed by atoms with Crippen molar-refractivity contribution in [3.05, 3.63) is 82.4 Å². The third-order valence-corrected chi connectivity index (χ3v) is 8.13. The van der Waals surface area contributed by atoms with Crippen LogP contribution in [-0.2, 0) is 15.8 Å². The number of carbonyl (C=O) groups is 2. The van der Waals surface area contributed by atoms with Crippen LogP contribution in [0.3, 0.4) is 0 Å². The summed E-state index contributed by atoms with van der Waals surface area (Å²) in [7, 11) is 0. The van der Waals surface area contributed by atoms with E-state index in [2.05, 4.69) is 15.3 Å². The molecule has 14 heteroatoms. The number of hydrogen-bond donors (Lipinski definition) is 3. The Bertz CT molecular complexity index is 1850. The van der Waals surface area contributed by atoms with Crippen molar-refractivity contribution in [1.82, 2.24) is 15.3 Å². The number of carbonyl (C=O) groups excluding carboxylic acids is 2. The van der Waals surface area contributed by atoms with E-state index in [1.54, 1.807) is 0 Å². The van der Waals surface area contributed by atoms with E-state index >= 15 is 0 Å². The van der Waals surface area contributed by atoms with Crippen LogP contribution in [0.25, 0.3) is 22.2 Å². The Labute approximate surface area is 258 Å². The first-order chi connectivity index (χ1) is 21.2. The van der Waals surface area contributed by atoms with E-state index in [9.17, 15) is 32.3 Å². The topological polar surface area (TPSA) is 137 Å². The smallest absolute Gasteiger partial charge is 0.424 e.